The summed E-state index contributed by atoms with van der Waals surface area (Å²) < 4.78 is 36.2. The molecule has 0 unspecified atom stereocenters. The van der Waals surface area contributed by atoms with Crippen LogP contribution in [0.15, 0.2) is 16.7 Å². The molecule has 0 saturated carbocycles. The number of aromatic nitrogens is 1. The third-order valence-electron chi connectivity index (χ3n) is 1.25. The summed E-state index contributed by atoms with van der Waals surface area (Å²) in [5, 5.41) is 0. The molecule has 0 saturated heterocycles. The summed E-state index contributed by atoms with van der Waals surface area (Å²) >= 11 is 2.80. The molecule has 1 aromatic rings. The lowest BCUT2D eigenvalue weighted by Crippen LogP contribution is -2.08. The highest BCUT2D eigenvalue weighted by Gasteiger charge is 2.34. The highest BCUT2D eigenvalue weighted by molar-refractivity contribution is 9.10. The summed E-state index contributed by atoms with van der Waals surface area (Å²) in [6.07, 6.45) is -3.19. The molecule has 1 nitrogen and oxygen atoms in total. The fourth-order valence-corrected chi connectivity index (χ4v) is 1.43. The van der Waals surface area contributed by atoms with E-state index in [9.17, 15) is 13.2 Å². The minimum absolute atomic E-state index is 0.0185. The Bertz CT molecular complexity index is 295. The van der Waals surface area contributed by atoms with E-state index in [1.807, 2.05) is 0 Å². The van der Waals surface area contributed by atoms with Crippen molar-refractivity contribution < 1.29 is 13.2 Å². The fraction of sp³-hybridized carbons (Fsp3) is 0.286. The maximum atomic E-state index is 12.1. The van der Waals surface area contributed by atoms with Crippen LogP contribution in [0.4, 0.5) is 13.2 Å². The molecule has 5 heteroatoms. The molecule has 0 radical (unpaired) electrons. The predicted molar refractivity (Wildman–Crippen MR) is 41.7 cm³/mol. The first-order chi connectivity index (χ1) is 5.41. The summed E-state index contributed by atoms with van der Waals surface area (Å²) in [7, 11) is 0. The fourth-order valence-electron chi connectivity index (χ4n) is 0.742. The Balaban J connectivity index is 3.19. The second-order valence-electron chi connectivity index (χ2n) is 2.34. The molecule has 0 bridgehead atoms. The Morgan fingerprint density at radius 1 is 1.42 bits per heavy atom. The molecule has 0 atom stereocenters. The predicted octanol–water partition coefficient (Wildman–Crippen LogP) is 3.17. The van der Waals surface area contributed by atoms with E-state index in [-0.39, 0.29) is 4.47 Å². The van der Waals surface area contributed by atoms with Crippen LogP contribution >= 0.6 is 15.9 Å². The van der Waals surface area contributed by atoms with Gasteiger partial charge in [-0.2, -0.15) is 13.2 Å². The molecular formula is C7H5BrF3N. The molecule has 0 spiro atoms. The third kappa shape index (κ3) is 1.97. The van der Waals surface area contributed by atoms with E-state index in [0.717, 1.165) is 0 Å². The maximum Gasteiger partial charge on any atom is 0.434 e. The second-order valence-corrected chi connectivity index (χ2v) is 3.20. The SMILES string of the molecule is Cc1cnc(C(F)(F)F)c(Br)c1. The molecule has 0 aliphatic heterocycles. The smallest absolute Gasteiger partial charge is 0.250 e. The van der Waals surface area contributed by atoms with Gasteiger partial charge in [0.2, 0.25) is 0 Å². The molecule has 12 heavy (non-hydrogen) atoms. The van der Waals surface area contributed by atoms with Crippen LogP contribution in [0.3, 0.4) is 0 Å². The van der Waals surface area contributed by atoms with Gasteiger partial charge in [0.25, 0.3) is 0 Å². The highest BCUT2D eigenvalue weighted by atomic mass is 79.9. The first-order valence-corrected chi connectivity index (χ1v) is 3.90. The molecule has 1 rings (SSSR count). The zero-order chi connectivity index (χ0) is 9.35. The Kier molecular flexibility index (Phi) is 2.41. The Morgan fingerprint density at radius 2 is 2.00 bits per heavy atom. The van der Waals surface area contributed by atoms with Crippen molar-refractivity contribution in [3.05, 3.63) is 28.0 Å². The lowest BCUT2D eigenvalue weighted by Gasteiger charge is -2.07. The van der Waals surface area contributed by atoms with E-state index >= 15 is 0 Å². The number of pyridine rings is 1. The second kappa shape index (κ2) is 3.05. The van der Waals surface area contributed by atoms with Crippen molar-refractivity contribution in [1.82, 2.24) is 4.98 Å². The number of hydrogen-bond acceptors (Lipinski definition) is 1. The summed E-state index contributed by atoms with van der Waals surface area (Å²) in [5.74, 6) is 0. The number of nitrogens with zero attached hydrogens (tertiary/aromatic N) is 1. The summed E-state index contributed by atoms with van der Waals surface area (Å²) in [4.78, 5) is 3.28. The van der Waals surface area contributed by atoms with Crippen molar-refractivity contribution in [1.29, 1.82) is 0 Å². The number of hydrogen-bond donors (Lipinski definition) is 0. The lowest BCUT2D eigenvalue weighted by atomic mass is 10.3. The van der Waals surface area contributed by atoms with Gasteiger partial charge in [0.05, 0.1) is 0 Å². The molecule has 0 N–H and O–H groups in total. The van der Waals surface area contributed by atoms with E-state index in [1.54, 1.807) is 6.92 Å². The van der Waals surface area contributed by atoms with Crippen LogP contribution in [0.2, 0.25) is 0 Å². The van der Waals surface area contributed by atoms with Crippen LogP contribution in [0.25, 0.3) is 0 Å². The molecule has 0 aliphatic rings. The lowest BCUT2D eigenvalue weighted by molar-refractivity contribution is -0.141. The van der Waals surface area contributed by atoms with Crippen molar-refractivity contribution >= 4 is 15.9 Å². The van der Waals surface area contributed by atoms with Crippen molar-refractivity contribution in [2.45, 2.75) is 13.1 Å². The molecule has 1 aromatic heterocycles. The minimum Gasteiger partial charge on any atom is -0.250 e. The van der Waals surface area contributed by atoms with E-state index in [1.165, 1.54) is 12.3 Å². The maximum absolute atomic E-state index is 12.1. The standard InChI is InChI=1S/C7H5BrF3N/c1-4-2-5(8)6(12-3-4)7(9,10)11/h2-3H,1H3. The monoisotopic (exact) mass is 239 g/mol. The highest BCUT2D eigenvalue weighted by Crippen LogP contribution is 2.32. The zero-order valence-electron chi connectivity index (χ0n) is 6.11. The summed E-state index contributed by atoms with van der Waals surface area (Å²) in [6, 6.07) is 1.38. The van der Waals surface area contributed by atoms with Gasteiger partial charge in [-0.15, -0.1) is 0 Å². The zero-order valence-corrected chi connectivity index (χ0v) is 7.70. The first-order valence-electron chi connectivity index (χ1n) is 3.10. The van der Waals surface area contributed by atoms with Gasteiger partial charge in [0.15, 0.2) is 5.69 Å². The number of halogens is 4. The average Bonchev–Trinajstić information content (AvgIpc) is 1.83. The van der Waals surface area contributed by atoms with Crippen LogP contribution < -0.4 is 0 Å². The van der Waals surface area contributed by atoms with Gasteiger partial charge >= 0.3 is 6.18 Å². The quantitative estimate of drug-likeness (QED) is 0.678. The Hall–Kier alpha value is -0.580. The molecule has 0 aromatic carbocycles. The van der Waals surface area contributed by atoms with E-state index in [4.69, 9.17) is 0 Å². The number of alkyl halides is 3. The van der Waals surface area contributed by atoms with E-state index in [2.05, 4.69) is 20.9 Å². The molecule has 0 aliphatic carbocycles. The van der Waals surface area contributed by atoms with E-state index in [0.29, 0.717) is 5.56 Å². The summed E-state index contributed by atoms with van der Waals surface area (Å²) in [5.41, 5.74) is -0.192. The number of rotatable bonds is 0. The van der Waals surface area contributed by atoms with Crippen molar-refractivity contribution in [2.75, 3.05) is 0 Å². The third-order valence-corrected chi connectivity index (χ3v) is 1.85. The molecule has 0 amide bonds. The van der Waals surface area contributed by atoms with Gasteiger partial charge in [-0.1, -0.05) is 0 Å². The number of aryl methyl sites for hydroxylation is 1. The van der Waals surface area contributed by atoms with Crippen molar-refractivity contribution in [2.24, 2.45) is 0 Å². The Morgan fingerprint density at radius 3 is 2.42 bits per heavy atom. The largest absolute Gasteiger partial charge is 0.434 e. The van der Waals surface area contributed by atoms with Gasteiger partial charge in [-0.3, -0.25) is 4.98 Å². The van der Waals surface area contributed by atoms with Crippen LogP contribution in [0.5, 0.6) is 0 Å². The molecule has 0 fully saturated rings. The summed E-state index contributed by atoms with van der Waals surface area (Å²) in [6.45, 7) is 1.68. The van der Waals surface area contributed by atoms with E-state index < -0.39 is 11.9 Å². The van der Waals surface area contributed by atoms with Crippen LogP contribution in [-0.4, -0.2) is 4.98 Å². The van der Waals surface area contributed by atoms with Crippen LogP contribution in [0, 0.1) is 6.92 Å². The normalized spacial score (nSPS) is 11.8. The van der Waals surface area contributed by atoms with Crippen LogP contribution in [-0.2, 0) is 6.18 Å². The minimum atomic E-state index is -4.38. The Labute approximate surface area is 75.7 Å². The first kappa shape index (κ1) is 9.51. The van der Waals surface area contributed by atoms with Crippen molar-refractivity contribution in [3.63, 3.8) is 0 Å². The topological polar surface area (TPSA) is 12.9 Å². The van der Waals surface area contributed by atoms with Crippen molar-refractivity contribution in [3.8, 4) is 0 Å². The van der Waals surface area contributed by atoms with Crippen LogP contribution in [0.1, 0.15) is 11.3 Å². The molecule has 66 valence electrons. The average molecular weight is 240 g/mol. The van der Waals surface area contributed by atoms with Gasteiger partial charge in [-0.05, 0) is 34.5 Å². The van der Waals surface area contributed by atoms with Gasteiger partial charge in [-0.25, -0.2) is 0 Å². The molecule has 1 heterocycles. The van der Waals surface area contributed by atoms with Gasteiger partial charge in [0.1, 0.15) is 0 Å². The molecular weight excluding hydrogens is 235 g/mol. The van der Waals surface area contributed by atoms with Gasteiger partial charge in [0, 0.05) is 10.7 Å². The van der Waals surface area contributed by atoms with Gasteiger partial charge < -0.3 is 0 Å².